The Morgan fingerprint density at radius 3 is 2.74 bits per heavy atom. The summed E-state index contributed by atoms with van der Waals surface area (Å²) in [7, 11) is 1.73. The second kappa shape index (κ2) is 5.85. The lowest BCUT2D eigenvalue weighted by molar-refractivity contribution is 0.162. The number of hydrogen-bond donors (Lipinski definition) is 1. The van der Waals surface area contributed by atoms with Crippen LogP contribution in [0.15, 0.2) is 24.3 Å². The van der Waals surface area contributed by atoms with E-state index in [9.17, 15) is 0 Å². The highest BCUT2D eigenvalue weighted by Crippen LogP contribution is 2.41. The predicted molar refractivity (Wildman–Crippen MR) is 79.7 cm³/mol. The molecule has 104 valence electrons. The van der Waals surface area contributed by atoms with Gasteiger partial charge in [-0.05, 0) is 43.2 Å². The molecule has 19 heavy (non-hydrogen) atoms. The molecule has 0 bridgehead atoms. The van der Waals surface area contributed by atoms with Crippen LogP contribution in [0.3, 0.4) is 0 Å². The lowest BCUT2D eigenvalue weighted by Gasteiger charge is -2.39. The summed E-state index contributed by atoms with van der Waals surface area (Å²) in [6, 6.07) is 8.98. The minimum atomic E-state index is 0.659. The molecular weight excluding hydrogens is 234 g/mol. The van der Waals surface area contributed by atoms with Crippen LogP contribution in [0.1, 0.15) is 44.9 Å². The second-order valence-corrected chi connectivity index (χ2v) is 6.19. The molecule has 0 radical (unpaired) electrons. The van der Waals surface area contributed by atoms with Crippen molar-refractivity contribution >= 4 is 5.69 Å². The van der Waals surface area contributed by atoms with E-state index in [4.69, 9.17) is 4.74 Å². The van der Waals surface area contributed by atoms with Crippen molar-refractivity contribution in [2.24, 2.45) is 11.8 Å². The van der Waals surface area contributed by atoms with Crippen LogP contribution in [-0.2, 0) is 0 Å². The molecule has 0 aromatic heterocycles. The first-order valence-corrected chi connectivity index (χ1v) is 7.76. The largest absolute Gasteiger partial charge is 0.497 e. The van der Waals surface area contributed by atoms with Crippen molar-refractivity contribution in [3.05, 3.63) is 24.3 Å². The summed E-state index contributed by atoms with van der Waals surface area (Å²) in [5.74, 6) is 2.94. The molecule has 2 fully saturated rings. The lowest BCUT2D eigenvalue weighted by atomic mass is 9.69. The van der Waals surface area contributed by atoms with Crippen molar-refractivity contribution in [1.82, 2.24) is 0 Å². The highest BCUT2D eigenvalue weighted by Gasteiger charge is 2.31. The highest BCUT2D eigenvalue weighted by molar-refractivity contribution is 5.48. The maximum absolute atomic E-state index is 5.29. The van der Waals surface area contributed by atoms with E-state index in [-0.39, 0.29) is 0 Å². The van der Waals surface area contributed by atoms with E-state index in [1.807, 2.05) is 6.07 Å². The monoisotopic (exact) mass is 259 g/mol. The fraction of sp³-hybridized carbons (Fsp3) is 0.647. The lowest BCUT2D eigenvalue weighted by Crippen LogP contribution is -2.34. The van der Waals surface area contributed by atoms with Crippen LogP contribution in [0.25, 0.3) is 0 Å². The van der Waals surface area contributed by atoms with E-state index in [2.05, 4.69) is 23.5 Å². The third kappa shape index (κ3) is 3.05. The van der Waals surface area contributed by atoms with Gasteiger partial charge in [-0.15, -0.1) is 0 Å². The average Bonchev–Trinajstić information content (AvgIpc) is 2.47. The van der Waals surface area contributed by atoms with Gasteiger partial charge in [-0.25, -0.2) is 0 Å². The molecular formula is C17H25NO. The fourth-order valence-corrected chi connectivity index (χ4v) is 3.95. The van der Waals surface area contributed by atoms with Gasteiger partial charge in [-0.3, -0.25) is 0 Å². The summed E-state index contributed by atoms with van der Waals surface area (Å²) in [5.41, 5.74) is 1.21. The summed E-state index contributed by atoms with van der Waals surface area (Å²) >= 11 is 0. The number of methoxy groups -OCH3 is 1. The summed E-state index contributed by atoms with van der Waals surface area (Å²) in [5, 5.41) is 3.71. The van der Waals surface area contributed by atoms with E-state index in [1.54, 1.807) is 7.11 Å². The summed E-state index contributed by atoms with van der Waals surface area (Å²) in [6.07, 6.45) is 9.98. The molecule has 1 aromatic rings. The van der Waals surface area contributed by atoms with E-state index in [0.717, 1.165) is 17.6 Å². The van der Waals surface area contributed by atoms with Crippen molar-refractivity contribution in [3.8, 4) is 5.75 Å². The van der Waals surface area contributed by atoms with Crippen molar-refractivity contribution in [2.75, 3.05) is 12.4 Å². The molecule has 1 N–H and O–H groups in total. The molecule has 3 unspecified atom stereocenters. The Morgan fingerprint density at radius 2 is 1.89 bits per heavy atom. The number of nitrogens with one attached hydrogen (secondary N) is 1. The van der Waals surface area contributed by atoms with Gasteiger partial charge in [0.05, 0.1) is 7.11 Å². The molecule has 1 aromatic carbocycles. The number of rotatable bonds is 3. The van der Waals surface area contributed by atoms with Gasteiger partial charge < -0.3 is 10.1 Å². The van der Waals surface area contributed by atoms with Crippen LogP contribution in [0.5, 0.6) is 5.75 Å². The van der Waals surface area contributed by atoms with Crippen molar-refractivity contribution in [1.29, 1.82) is 0 Å². The molecule has 0 saturated heterocycles. The first-order chi connectivity index (χ1) is 9.35. The van der Waals surface area contributed by atoms with Gasteiger partial charge >= 0.3 is 0 Å². The Kier molecular flexibility index (Phi) is 3.95. The van der Waals surface area contributed by atoms with Crippen molar-refractivity contribution < 1.29 is 4.74 Å². The molecule has 0 spiro atoms. The maximum Gasteiger partial charge on any atom is 0.120 e. The van der Waals surface area contributed by atoms with Gasteiger partial charge in [0.2, 0.25) is 0 Å². The normalized spacial score (nSPS) is 30.5. The number of anilines is 1. The SMILES string of the molecule is COc1cccc(NC2CCC3CCCCC3C2)c1. The number of ether oxygens (including phenoxy) is 1. The van der Waals surface area contributed by atoms with Gasteiger partial charge in [-0.2, -0.15) is 0 Å². The molecule has 0 aliphatic heterocycles. The standard InChI is InChI=1S/C17H25NO/c1-19-17-8-4-7-15(12-17)18-16-10-9-13-5-2-3-6-14(13)11-16/h4,7-8,12-14,16,18H,2-3,5-6,9-11H2,1H3. The Balaban J connectivity index is 1.60. The average molecular weight is 259 g/mol. The first kappa shape index (κ1) is 12.8. The topological polar surface area (TPSA) is 21.3 Å². The van der Waals surface area contributed by atoms with Gasteiger partial charge in [0.25, 0.3) is 0 Å². The zero-order chi connectivity index (χ0) is 13.1. The zero-order valence-corrected chi connectivity index (χ0v) is 11.9. The number of fused-ring (bicyclic) bond motifs is 1. The Bertz CT molecular complexity index is 417. The summed E-state index contributed by atoms with van der Waals surface area (Å²) in [6.45, 7) is 0. The molecule has 0 heterocycles. The van der Waals surface area contributed by atoms with Gasteiger partial charge in [0.1, 0.15) is 5.75 Å². The van der Waals surface area contributed by atoms with E-state index in [1.165, 1.54) is 50.6 Å². The Morgan fingerprint density at radius 1 is 1.05 bits per heavy atom. The molecule has 2 saturated carbocycles. The summed E-state index contributed by atoms with van der Waals surface area (Å²) < 4.78 is 5.29. The summed E-state index contributed by atoms with van der Waals surface area (Å²) in [4.78, 5) is 0. The highest BCUT2D eigenvalue weighted by atomic mass is 16.5. The van der Waals surface area contributed by atoms with Gasteiger partial charge in [-0.1, -0.05) is 31.7 Å². The van der Waals surface area contributed by atoms with Crippen molar-refractivity contribution in [2.45, 2.75) is 51.0 Å². The van der Waals surface area contributed by atoms with Crippen molar-refractivity contribution in [3.63, 3.8) is 0 Å². The number of benzene rings is 1. The molecule has 2 aliphatic carbocycles. The zero-order valence-electron chi connectivity index (χ0n) is 11.9. The van der Waals surface area contributed by atoms with Crippen LogP contribution in [-0.4, -0.2) is 13.2 Å². The smallest absolute Gasteiger partial charge is 0.120 e. The van der Waals surface area contributed by atoms with Crippen LogP contribution < -0.4 is 10.1 Å². The van der Waals surface area contributed by atoms with E-state index < -0.39 is 0 Å². The van der Waals surface area contributed by atoms with Crippen LogP contribution in [0.4, 0.5) is 5.69 Å². The second-order valence-electron chi connectivity index (χ2n) is 6.19. The maximum atomic E-state index is 5.29. The van der Waals surface area contributed by atoms with Gasteiger partial charge in [0, 0.05) is 17.8 Å². The van der Waals surface area contributed by atoms with E-state index in [0.29, 0.717) is 6.04 Å². The predicted octanol–water partition coefficient (Wildman–Crippen LogP) is 4.47. The van der Waals surface area contributed by atoms with Crippen LogP contribution >= 0.6 is 0 Å². The first-order valence-electron chi connectivity index (χ1n) is 7.76. The molecule has 3 rings (SSSR count). The quantitative estimate of drug-likeness (QED) is 0.865. The number of hydrogen-bond acceptors (Lipinski definition) is 2. The Hall–Kier alpha value is -1.18. The van der Waals surface area contributed by atoms with Crippen LogP contribution in [0.2, 0.25) is 0 Å². The van der Waals surface area contributed by atoms with Gasteiger partial charge in [0.15, 0.2) is 0 Å². The molecule has 3 atom stereocenters. The Labute approximate surface area is 116 Å². The van der Waals surface area contributed by atoms with E-state index >= 15 is 0 Å². The molecule has 2 aliphatic rings. The minimum Gasteiger partial charge on any atom is -0.497 e. The molecule has 0 amide bonds. The minimum absolute atomic E-state index is 0.659. The third-order valence-corrected chi connectivity index (χ3v) is 4.98. The molecule has 2 nitrogen and oxygen atoms in total. The molecule has 2 heteroatoms. The third-order valence-electron chi connectivity index (χ3n) is 4.98. The van der Waals surface area contributed by atoms with Crippen LogP contribution in [0, 0.1) is 11.8 Å². The fourth-order valence-electron chi connectivity index (χ4n) is 3.95.